The van der Waals surface area contributed by atoms with Gasteiger partial charge in [0.1, 0.15) is 17.4 Å². The first-order chi connectivity index (χ1) is 14.9. The summed E-state index contributed by atoms with van der Waals surface area (Å²) < 4.78 is 10.6. The number of carbonyl (C=O) groups is 2. The Bertz CT molecular complexity index is 991. The van der Waals surface area contributed by atoms with Crippen LogP contribution in [-0.4, -0.2) is 25.1 Å². The molecule has 0 spiro atoms. The molecule has 1 atom stereocenters. The summed E-state index contributed by atoms with van der Waals surface area (Å²) in [4.78, 5) is 24.3. The summed E-state index contributed by atoms with van der Waals surface area (Å²) in [5.74, 6) is -0.212. The monoisotopic (exact) mass is 421 g/mol. The Morgan fingerprint density at radius 1 is 1.13 bits per heavy atom. The van der Waals surface area contributed by atoms with Crippen molar-refractivity contribution in [1.29, 1.82) is 5.26 Å². The fourth-order valence-corrected chi connectivity index (χ4v) is 2.87. The number of rotatable bonds is 9. The molecule has 0 radical (unpaired) electrons. The van der Waals surface area contributed by atoms with Crippen LogP contribution in [0.2, 0.25) is 0 Å². The second-order valence-electron chi connectivity index (χ2n) is 6.78. The van der Waals surface area contributed by atoms with Crippen molar-refractivity contribution in [3.05, 3.63) is 70.9 Å². The Morgan fingerprint density at radius 3 is 2.45 bits per heavy atom. The van der Waals surface area contributed by atoms with Gasteiger partial charge >= 0.3 is 5.97 Å². The van der Waals surface area contributed by atoms with Gasteiger partial charge in [0.15, 0.2) is 0 Å². The second kappa shape index (κ2) is 11.4. The number of nitrogens with zero attached hydrogens (tertiary/aromatic N) is 1. The van der Waals surface area contributed by atoms with E-state index in [1.807, 2.05) is 45.0 Å². The second-order valence-corrected chi connectivity index (χ2v) is 6.78. The number of amides is 1. The summed E-state index contributed by atoms with van der Waals surface area (Å²) in [5, 5.41) is 15.2. The molecule has 1 amide bonds. The lowest BCUT2D eigenvalue weighted by atomic mass is 10.0. The van der Waals surface area contributed by atoms with Gasteiger partial charge < -0.3 is 20.1 Å². The predicted molar refractivity (Wildman–Crippen MR) is 119 cm³/mol. The Labute approximate surface area is 182 Å². The first-order valence-corrected chi connectivity index (χ1v) is 10.1. The van der Waals surface area contributed by atoms with Gasteiger partial charge in [0.05, 0.1) is 24.8 Å². The fraction of sp³-hybridized carbons (Fsp3) is 0.292. The van der Waals surface area contributed by atoms with Crippen molar-refractivity contribution in [1.82, 2.24) is 5.32 Å². The number of nitrogens with one attached hydrogen (secondary N) is 2. The highest BCUT2D eigenvalue weighted by Crippen LogP contribution is 2.26. The average molecular weight is 421 g/mol. The molecule has 2 N–H and O–H groups in total. The minimum Gasteiger partial charge on any atom is -0.494 e. The van der Waals surface area contributed by atoms with Gasteiger partial charge in [-0.25, -0.2) is 4.79 Å². The lowest BCUT2D eigenvalue weighted by molar-refractivity contribution is -0.117. The Kier molecular flexibility index (Phi) is 8.64. The van der Waals surface area contributed by atoms with E-state index < -0.39 is 11.9 Å². The zero-order valence-corrected chi connectivity index (χ0v) is 18.2. The van der Waals surface area contributed by atoms with Gasteiger partial charge in [0.25, 0.3) is 5.91 Å². The molecule has 0 aliphatic rings. The SMILES string of the molecule is CCOC(=O)c1ccc(N/C=C(/C#N)C(=O)NC(C)c2cc(C)ccc2OCC)cc1. The molecule has 0 heterocycles. The van der Waals surface area contributed by atoms with Crippen molar-refractivity contribution in [3.8, 4) is 11.8 Å². The third kappa shape index (κ3) is 6.61. The van der Waals surface area contributed by atoms with Crippen molar-refractivity contribution >= 4 is 17.6 Å². The molecular formula is C24H27N3O4. The molecule has 7 nitrogen and oxygen atoms in total. The van der Waals surface area contributed by atoms with Crippen LogP contribution in [0.4, 0.5) is 5.69 Å². The zero-order chi connectivity index (χ0) is 22.8. The first-order valence-electron chi connectivity index (χ1n) is 10.1. The van der Waals surface area contributed by atoms with Crippen LogP contribution >= 0.6 is 0 Å². The number of carbonyl (C=O) groups excluding carboxylic acids is 2. The van der Waals surface area contributed by atoms with Crippen molar-refractivity contribution in [2.45, 2.75) is 33.7 Å². The van der Waals surface area contributed by atoms with Crippen molar-refractivity contribution < 1.29 is 19.1 Å². The quantitative estimate of drug-likeness (QED) is 0.356. The number of hydrogen-bond acceptors (Lipinski definition) is 6. The molecule has 7 heteroatoms. The molecule has 2 aromatic carbocycles. The van der Waals surface area contributed by atoms with Gasteiger partial charge in [-0.15, -0.1) is 0 Å². The van der Waals surface area contributed by atoms with Crippen LogP contribution in [0.1, 0.15) is 48.3 Å². The van der Waals surface area contributed by atoms with E-state index in [0.29, 0.717) is 30.2 Å². The van der Waals surface area contributed by atoms with E-state index in [-0.39, 0.29) is 11.6 Å². The van der Waals surface area contributed by atoms with Crippen molar-refractivity contribution in [3.63, 3.8) is 0 Å². The fourth-order valence-electron chi connectivity index (χ4n) is 2.87. The number of nitriles is 1. The number of ether oxygens (including phenoxy) is 2. The molecule has 1 unspecified atom stereocenters. The van der Waals surface area contributed by atoms with Gasteiger partial charge in [-0.3, -0.25) is 4.79 Å². The third-order valence-corrected chi connectivity index (χ3v) is 4.42. The molecule has 0 fully saturated rings. The molecule has 2 rings (SSSR count). The summed E-state index contributed by atoms with van der Waals surface area (Å²) in [6.45, 7) is 8.25. The highest BCUT2D eigenvalue weighted by molar-refractivity contribution is 5.97. The smallest absolute Gasteiger partial charge is 0.338 e. The van der Waals surface area contributed by atoms with E-state index >= 15 is 0 Å². The van der Waals surface area contributed by atoms with Gasteiger partial charge in [0, 0.05) is 17.5 Å². The Balaban J connectivity index is 2.08. The van der Waals surface area contributed by atoms with Gasteiger partial charge in [-0.1, -0.05) is 17.7 Å². The summed E-state index contributed by atoms with van der Waals surface area (Å²) in [6.07, 6.45) is 1.33. The third-order valence-electron chi connectivity index (χ3n) is 4.42. The normalized spacial score (nSPS) is 11.8. The first kappa shape index (κ1) is 23.5. The van der Waals surface area contributed by atoms with E-state index in [2.05, 4.69) is 10.6 Å². The predicted octanol–water partition coefficient (Wildman–Crippen LogP) is 4.27. The maximum Gasteiger partial charge on any atom is 0.338 e. The minimum atomic E-state index is -0.505. The Morgan fingerprint density at radius 2 is 1.84 bits per heavy atom. The lowest BCUT2D eigenvalue weighted by Crippen LogP contribution is -2.28. The molecule has 0 aromatic heterocycles. The standard InChI is InChI=1S/C24H27N3O4/c1-5-30-22-12-7-16(3)13-21(22)17(4)27-23(28)19(14-25)15-26-20-10-8-18(9-11-20)24(29)31-6-2/h7-13,15,17,26H,5-6H2,1-4H3,(H,27,28)/b19-15-. The molecule has 0 aliphatic heterocycles. The topological polar surface area (TPSA) is 100 Å². The number of esters is 1. The van der Waals surface area contributed by atoms with Crippen LogP contribution in [0.15, 0.2) is 54.2 Å². The van der Waals surface area contributed by atoms with Gasteiger partial charge in [-0.05, 0) is 58.0 Å². The maximum absolute atomic E-state index is 12.6. The van der Waals surface area contributed by atoms with E-state index in [4.69, 9.17) is 9.47 Å². The van der Waals surface area contributed by atoms with Crippen molar-refractivity contribution in [2.75, 3.05) is 18.5 Å². The highest BCUT2D eigenvalue weighted by atomic mass is 16.5. The van der Waals surface area contributed by atoms with E-state index in [1.54, 1.807) is 31.2 Å². The van der Waals surface area contributed by atoms with Gasteiger partial charge in [-0.2, -0.15) is 5.26 Å². The van der Waals surface area contributed by atoms with Crippen LogP contribution in [0.3, 0.4) is 0 Å². The van der Waals surface area contributed by atoms with Crippen molar-refractivity contribution in [2.24, 2.45) is 0 Å². The zero-order valence-electron chi connectivity index (χ0n) is 18.2. The molecule has 162 valence electrons. The molecule has 0 aliphatic carbocycles. The molecule has 0 saturated heterocycles. The van der Waals surface area contributed by atoms with Crippen LogP contribution in [-0.2, 0) is 9.53 Å². The molecule has 0 saturated carbocycles. The maximum atomic E-state index is 12.6. The average Bonchev–Trinajstić information content (AvgIpc) is 2.76. The highest BCUT2D eigenvalue weighted by Gasteiger charge is 2.17. The minimum absolute atomic E-state index is 0.0769. The molecule has 31 heavy (non-hydrogen) atoms. The van der Waals surface area contributed by atoms with Crippen LogP contribution in [0.25, 0.3) is 0 Å². The van der Waals surface area contributed by atoms with E-state index in [0.717, 1.165) is 11.1 Å². The number of aryl methyl sites for hydroxylation is 1. The molecule has 2 aromatic rings. The lowest BCUT2D eigenvalue weighted by Gasteiger charge is -2.18. The van der Waals surface area contributed by atoms with Crippen LogP contribution in [0, 0.1) is 18.3 Å². The summed E-state index contributed by atoms with van der Waals surface area (Å²) in [6, 6.07) is 13.9. The molecule has 0 bridgehead atoms. The van der Waals surface area contributed by atoms with Crippen LogP contribution in [0.5, 0.6) is 5.75 Å². The Hall–Kier alpha value is -3.79. The summed E-state index contributed by atoms with van der Waals surface area (Å²) in [7, 11) is 0. The number of benzene rings is 2. The van der Waals surface area contributed by atoms with Crippen LogP contribution < -0.4 is 15.4 Å². The summed E-state index contributed by atoms with van der Waals surface area (Å²) in [5.41, 5.74) is 2.86. The van der Waals surface area contributed by atoms with Gasteiger partial charge in [0.2, 0.25) is 0 Å². The largest absolute Gasteiger partial charge is 0.494 e. The van der Waals surface area contributed by atoms with E-state index in [1.165, 1.54) is 6.20 Å². The number of hydrogen-bond donors (Lipinski definition) is 2. The van der Waals surface area contributed by atoms with E-state index in [9.17, 15) is 14.9 Å². The number of anilines is 1. The molecular weight excluding hydrogens is 394 g/mol. The summed E-state index contributed by atoms with van der Waals surface area (Å²) >= 11 is 0.